The van der Waals surface area contributed by atoms with Gasteiger partial charge in [0, 0.05) is 22.5 Å². The van der Waals surface area contributed by atoms with Crippen molar-refractivity contribution < 1.29 is 4.79 Å². The standard InChI is InChI=1S/C16H26ClNO/c1-11-8-13(14(19)9-17)12(2)18(11)16(6,7)10-15(3,4)5/h8H,9-10H2,1-7H3. The van der Waals surface area contributed by atoms with E-state index in [0.29, 0.717) is 0 Å². The normalized spacial score (nSPS) is 12.8. The highest BCUT2D eigenvalue weighted by molar-refractivity contribution is 6.30. The van der Waals surface area contributed by atoms with Gasteiger partial charge >= 0.3 is 0 Å². The zero-order valence-corrected chi connectivity index (χ0v) is 14.0. The molecule has 108 valence electrons. The van der Waals surface area contributed by atoms with Crippen LogP contribution < -0.4 is 0 Å². The molecule has 0 aliphatic carbocycles. The van der Waals surface area contributed by atoms with Crippen LogP contribution in [0.4, 0.5) is 0 Å². The van der Waals surface area contributed by atoms with E-state index in [1.165, 1.54) is 0 Å². The van der Waals surface area contributed by atoms with Gasteiger partial charge in [-0.2, -0.15) is 0 Å². The van der Waals surface area contributed by atoms with Gasteiger partial charge in [0.2, 0.25) is 0 Å². The first-order chi connectivity index (χ1) is 8.49. The topological polar surface area (TPSA) is 22.0 Å². The summed E-state index contributed by atoms with van der Waals surface area (Å²) in [5.74, 6) is 0.0526. The summed E-state index contributed by atoms with van der Waals surface area (Å²) in [5, 5.41) is 0. The Bertz CT molecular complexity index is 478. The minimum absolute atomic E-state index is 0.00701. The second-order valence-electron chi connectivity index (χ2n) is 7.23. The van der Waals surface area contributed by atoms with Crippen LogP contribution in [-0.4, -0.2) is 16.2 Å². The number of hydrogen-bond acceptors (Lipinski definition) is 1. The Balaban J connectivity index is 3.28. The van der Waals surface area contributed by atoms with Gasteiger partial charge in [-0.25, -0.2) is 0 Å². The fraction of sp³-hybridized carbons (Fsp3) is 0.688. The molecule has 3 heteroatoms. The number of ketones is 1. The molecule has 0 radical (unpaired) electrons. The summed E-state index contributed by atoms with van der Waals surface area (Å²) < 4.78 is 2.28. The molecule has 0 unspecified atom stereocenters. The first-order valence-electron chi connectivity index (χ1n) is 6.78. The first kappa shape index (κ1) is 16.3. The Morgan fingerprint density at radius 2 is 1.74 bits per heavy atom. The maximum atomic E-state index is 11.9. The van der Waals surface area contributed by atoms with Crippen LogP contribution >= 0.6 is 11.6 Å². The Kier molecular flexibility index (Phi) is 4.56. The number of alkyl halides is 1. The zero-order chi connectivity index (χ0) is 15.0. The van der Waals surface area contributed by atoms with Gasteiger partial charge in [0.25, 0.3) is 0 Å². The summed E-state index contributed by atoms with van der Waals surface area (Å²) in [6.07, 6.45) is 1.05. The lowest BCUT2D eigenvalue weighted by atomic mass is 9.81. The molecule has 0 aliphatic rings. The molecule has 0 fully saturated rings. The summed E-state index contributed by atoms with van der Waals surface area (Å²) in [5.41, 5.74) is 3.13. The molecule has 0 bridgehead atoms. The average Bonchev–Trinajstić information content (AvgIpc) is 2.50. The van der Waals surface area contributed by atoms with E-state index in [1.54, 1.807) is 0 Å². The lowest BCUT2D eigenvalue weighted by Gasteiger charge is -2.36. The quantitative estimate of drug-likeness (QED) is 0.580. The van der Waals surface area contributed by atoms with Gasteiger partial charge in [0.1, 0.15) is 0 Å². The van der Waals surface area contributed by atoms with Crippen molar-refractivity contribution in [3.63, 3.8) is 0 Å². The van der Waals surface area contributed by atoms with Crippen LogP contribution in [0.2, 0.25) is 0 Å². The number of aryl methyl sites for hydroxylation is 1. The molecule has 0 saturated heterocycles. The fourth-order valence-electron chi connectivity index (χ4n) is 3.43. The first-order valence-corrected chi connectivity index (χ1v) is 7.31. The summed E-state index contributed by atoms with van der Waals surface area (Å²) in [6.45, 7) is 15.3. The van der Waals surface area contributed by atoms with Crippen molar-refractivity contribution in [3.05, 3.63) is 23.0 Å². The molecule has 1 aromatic heterocycles. The summed E-state index contributed by atoms with van der Waals surface area (Å²) >= 11 is 5.68. The predicted octanol–water partition coefficient (Wildman–Crippen LogP) is 4.70. The van der Waals surface area contributed by atoms with Crippen LogP contribution in [0.1, 0.15) is 62.8 Å². The van der Waals surface area contributed by atoms with Crippen LogP contribution in [0.25, 0.3) is 0 Å². The van der Waals surface area contributed by atoms with Crippen LogP contribution in [0.15, 0.2) is 6.07 Å². The zero-order valence-electron chi connectivity index (χ0n) is 13.2. The summed E-state index contributed by atoms with van der Waals surface area (Å²) in [4.78, 5) is 11.9. The Morgan fingerprint density at radius 1 is 1.21 bits per heavy atom. The van der Waals surface area contributed by atoms with Crippen molar-refractivity contribution >= 4 is 17.4 Å². The van der Waals surface area contributed by atoms with Crippen LogP contribution in [0.5, 0.6) is 0 Å². The van der Waals surface area contributed by atoms with E-state index >= 15 is 0 Å². The van der Waals surface area contributed by atoms with Gasteiger partial charge < -0.3 is 4.57 Å². The van der Waals surface area contributed by atoms with Crippen molar-refractivity contribution in [2.45, 2.75) is 60.4 Å². The van der Waals surface area contributed by atoms with Gasteiger partial charge in [0.05, 0.1) is 5.88 Å². The molecule has 0 spiro atoms. The van der Waals surface area contributed by atoms with E-state index in [0.717, 1.165) is 23.4 Å². The van der Waals surface area contributed by atoms with Crippen LogP contribution in [0.3, 0.4) is 0 Å². The SMILES string of the molecule is Cc1cc(C(=O)CCl)c(C)n1C(C)(C)CC(C)(C)C. The maximum Gasteiger partial charge on any atom is 0.179 e. The molecule has 1 heterocycles. The van der Waals surface area contributed by atoms with E-state index in [4.69, 9.17) is 11.6 Å². The third-order valence-corrected chi connectivity index (χ3v) is 3.66. The highest BCUT2D eigenvalue weighted by atomic mass is 35.5. The van der Waals surface area contributed by atoms with Gasteiger partial charge in [-0.3, -0.25) is 4.79 Å². The lowest BCUT2D eigenvalue weighted by Crippen LogP contribution is -2.33. The minimum atomic E-state index is -0.0166. The highest BCUT2D eigenvalue weighted by Crippen LogP contribution is 2.35. The molecule has 1 aromatic rings. The summed E-state index contributed by atoms with van der Waals surface area (Å²) in [7, 11) is 0. The molecule has 0 amide bonds. The monoisotopic (exact) mass is 283 g/mol. The molecule has 2 nitrogen and oxygen atoms in total. The second kappa shape index (κ2) is 5.32. The number of carbonyl (C=O) groups excluding carboxylic acids is 1. The van der Waals surface area contributed by atoms with Crippen molar-refractivity contribution in [3.8, 4) is 0 Å². The van der Waals surface area contributed by atoms with E-state index in [-0.39, 0.29) is 22.6 Å². The molecule has 0 aliphatic heterocycles. The lowest BCUT2D eigenvalue weighted by molar-refractivity contribution is 0.102. The maximum absolute atomic E-state index is 11.9. The molecule has 0 atom stereocenters. The number of halogens is 1. The number of nitrogens with zero attached hydrogens (tertiary/aromatic N) is 1. The third kappa shape index (κ3) is 3.62. The van der Waals surface area contributed by atoms with E-state index < -0.39 is 0 Å². The van der Waals surface area contributed by atoms with E-state index in [2.05, 4.69) is 46.1 Å². The molecule has 0 aromatic carbocycles. The molecule has 1 rings (SSSR count). The summed E-state index contributed by atoms with van der Waals surface area (Å²) in [6, 6.07) is 1.96. The molecular formula is C16H26ClNO. The second-order valence-corrected chi connectivity index (χ2v) is 7.49. The van der Waals surface area contributed by atoms with Gasteiger partial charge in [-0.15, -0.1) is 11.6 Å². The average molecular weight is 284 g/mol. The van der Waals surface area contributed by atoms with Crippen LogP contribution in [0, 0.1) is 19.3 Å². The number of Topliss-reactive ketones (excluding diaryl/α,β-unsaturated/α-hetero) is 1. The van der Waals surface area contributed by atoms with E-state index in [9.17, 15) is 4.79 Å². The fourth-order valence-corrected chi connectivity index (χ4v) is 3.57. The van der Waals surface area contributed by atoms with Crippen molar-refractivity contribution in [2.24, 2.45) is 5.41 Å². The van der Waals surface area contributed by atoms with Gasteiger partial charge in [-0.05, 0) is 45.6 Å². The number of carbonyl (C=O) groups is 1. The van der Waals surface area contributed by atoms with Crippen molar-refractivity contribution in [1.29, 1.82) is 0 Å². The molecule has 0 saturated carbocycles. The Labute approximate surface area is 122 Å². The number of aromatic nitrogens is 1. The smallest absolute Gasteiger partial charge is 0.179 e. The van der Waals surface area contributed by atoms with Crippen molar-refractivity contribution in [1.82, 2.24) is 4.57 Å². The molecular weight excluding hydrogens is 258 g/mol. The van der Waals surface area contributed by atoms with Crippen LogP contribution in [-0.2, 0) is 5.54 Å². The minimum Gasteiger partial charge on any atom is -0.343 e. The third-order valence-electron chi connectivity index (χ3n) is 3.42. The van der Waals surface area contributed by atoms with Crippen molar-refractivity contribution in [2.75, 3.05) is 5.88 Å². The van der Waals surface area contributed by atoms with Gasteiger partial charge in [0.15, 0.2) is 5.78 Å². The largest absolute Gasteiger partial charge is 0.343 e. The Morgan fingerprint density at radius 3 is 2.16 bits per heavy atom. The Hall–Kier alpha value is -0.760. The molecule has 19 heavy (non-hydrogen) atoms. The van der Waals surface area contributed by atoms with Gasteiger partial charge in [-0.1, -0.05) is 20.8 Å². The number of hydrogen-bond donors (Lipinski definition) is 0. The predicted molar refractivity (Wildman–Crippen MR) is 82.4 cm³/mol. The highest BCUT2D eigenvalue weighted by Gasteiger charge is 2.30. The van der Waals surface area contributed by atoms with E-state index in [1.807, 2.05) is 13.0 Å². The number of rotatable bonds is 4. The molecule has 0 N–H and O–H groups in total.